The predicted molar refractivity (Wildman–Crippen MR) is 140 cm³/mol. The first kappa shape index (κ1) is 25.8. The summed E-state index contributed by atoms with van der Waals surface area (Å²) in [5.74, 6) is 0.275. The lowest BCUT2D eigenvalue weighted by atomic mass is 9.98. The van der Waals surface area contributed by atoms with Gasteiger partial charge in [0.1, 0.15) is 11.9 Å². The van der Waals surface area contributed by atoms with Gasteiger partial charge in [0.25, 0.3) is 0 Å². The van der Waals surface area contributed by atoms with Crippen molar-refractivity contribution in [3.05, 3.63) is 36.4 Å². The van der Waals surface area contributed by atoms with Gasteiger partial charge in [0.05, 0.1) is 36.5 Å². The first-order chi connectivity index (χ1) is 17.1. The summed E-state index contributed by atoms with van der Waals surface area (Å²) in [4.78, 5) is 29.1. The standard InChI is InChI=1S/C26H33N3O6S/c1-17-16-28(26(31)35-21-8-6-5-7-9-21)24-15-20(10-12-23(24)29(17)18(2)30)19-11-13-25(34-3)22(14-19)27-36(4,32)33/h10-15,17,21,27H,5-9,16H2,1-4H3/t17-/m0/s1. The van der Waals surface area contributed by atoms with E-state index in [2.05, 4.69) is 4.72 Å². The van der Waals surface area contributed by atoms with E-state index in [-0.39, 0.29) is 18.1 Å². The molecule has 1 fully saturated rings. The molecule has 0 saturated heterocycles. The van der Waals surface area contributed by atoms with Crippen LogP contribution in [-0.2, 0) is 19.6 Å². The van der Waals surface area contributed by atoms with E-state index in [1.54, 1.807) is 21.9 Å². The molecule has 36 heavy (non-hydrogen) atoms. The van der Waals surface area contributed by atoms with E-state index in [9.17, 15) is 18.0 Å². The molecule has 0 radical (unpaired) electrons. The highest BCUT2D eigenvalue weighted by atomic mass is 32.2. The maximum absolute atomic E-state index is 13.3. The summed E-state index contributed by atoms with van der Waals surface area (Å²) < 4.78 is 37.4. The number of fused-ring (bicyclic) bond motifs is 1. The Bertz CT molecular complexity index is 1260. The molecule has 1 aliphatic heterocycles. The van der Waals surface area contributed by atoms with Gasteiger partial charge in [-0.2, -0.15) is 0 Å². The molecular formula is C26H33N3O6S. The zero-order valence-electron chi connectivity index (χ0n) is 21.1. The summed E-state index contributed by atoms with van der Waals surface area (Å²) in [6.45, 7) is 3.73. The average Bonchev–Trinajstić information content (AvgIpc) is 2.82. The van der Waals surface area contributed by atoms with Gasteiger partial charge in [-0.25, -0.2) is 13.2 Å². The summed E-state index contributed by atoms with van der Waals surface area (Å²) in [5.41, 5.74) is 2.99. The number of benzene rings is 2. The van der Waals surface area contributed by atoms with Crippen molar-refractivity contribution in [1.29, 1.82) is 0 Å². The van der Waals surface area contributed by atoms with E-state index < -0.39 is 16.1 Å². The Morgan fingerprint density at radius 2 is 1.67 bits per heavy atom. The molecule has 2 aromatic carbocycles. The molecule has 1 aliphatic carbocycles. The first-order valence-electron chi connectivity index (χ1n) is 12.2. The SMILES string of the molecule is COc1ccc(-c2ccc3c(c2)N(C(=O)OC2CCCCC2)C[C@H](C)N3C(C)=O)cc1NS(C)(=O)=O. The minimum Gasteiger partial charge on any atom is -0.495 e. The zero-order chi connectivity index (χ0) is 26.0. The molecule has 4 rings (SSSR count). The van der Waals surface area contributed by atoms with Gasteiger partial charge in [0, 0.05) is 13.5 Å². The van der Waals surface area contributed by atoms with Crippen LogP contribution in [0.4, 0.5) is 21.9 Å². The Labute approximate surface area is 212 Å². The maximum atomic E-state index is 13.3. The topological polar surface area (TPSA) is 105 Å². The van der Waals surface area contributed by atoms with Crippen LogP contribution in [0.3, 0.4) is 0 Å². The van der Waals surface area contributed by atoms with E-state index >= 15 is 0 Å². The lowest BCUT2D eigenvalue weighted by Gasteiger charge is -2.41. The molecule has 0 aromatic heterocycles. The van der Waals surface area contributed by atoms with E-state index in [1.807, 2.05) is 31.2 Å². The van der Waals surface area contributed by atoms with Gasteiger partial charge >= 0.3 is 6.09 Å². The molecule has 0 spiro atoms. The number of sulfonamides is 1. The Morgan fingerprint density at radius 3 is 2.31 bits per heavy atom. The molecule has 1 N–H and O–H groups in total. The minimum atomic E-state index is -3.52. The van der Waals surface area contributed by atoms with Crippen molar-refractivity contribution in [1.82, 2.24) is 0 Å². The van der Waals surface area contributed by atoms with Gasteiger partial charge < -0.3 is 14.4 Å². The normalized spacial score (nSPS) is 18.4. The third-order valence-corrected chi connectivity index (χ3v) is 7.21. The number of rotatable bonds is 5. The number of ether oxygens (including phenoxy) is 2. The number of nitrogens with zero attached hydrogens (tertiary/aromatic N) is 2. The number of hydrogen-bond donors (Lipinski definition) is 1. The molecule has 1 heterocycles. The summed E-state index contributed by atoms with van der Waals surface area (Å²) in [6.07, 6.45) is 5.56. The van der Waals surface area contributed by atoms with Crippen LogP contribution < -0.4 is 19.3 Å². The predicted octanol–water partition coefficient (Wildman–Crippen LogP) is 4.76. The Balaban J connectivity index is 1.74. The second kappa shape index (κ2) is 10.4. The van der Waals surface area contributed by atoms with Gasteiger partial charge in [-0.1, -0.05) is 18.6 Å². The largest absolute Gasteiger partial charge is 0.495 e. The number of amides is 2. The van der Waals surface area contributed by atoms with Crippen molar-refractivity contribution in [3.63, 3.8) is 0 Å². The zero-order valence-corrected chi connectivity index (χ0v) is 21.9. The van der Waals surface area contributed by atoms with Gasteiger partial charge in [0.15, 0.2) is 0 Å². The van der Waals surface area contributed by atoms with Crippen molar-refractivity contribution in [2.75, 3.05) is 34.4 Å². The molecule has 2 aromatic rings. The molecule has 194 valence electrons. The highest BCUT2D eigenvalue weighted by Gasteiger charge is 2.35. The van der Waals surface area contributed by atoms with E-state index in [4.69, 9.17) is 9.47 Å². The second-order valence-corrected chi connectivity index (χ2v) is 11.2. The summed E-state index contributed by atoms with van der Waals surface area (Å²) >= 11 is 0. The van der Waals surface area contributed by atoms with Gasteiger partial charge in [-0.05, 0) is 68.0 Å². The Hall–Kier alpha value is -3.27. The first-order valence-corrected chi connectivity index (χ1v) is 14.0. The average molecular weight is 516 g/mol. The van der Waals surface area contributed by atoms with E-state index in [0.717, 1.165) is 49.5 Å². The van der Waals surface area contributed by atoms with Crippen LogP contribution in [0.25, 0.3) is 11.1 Å². The highest BCUT2D eigenvalue weighted by Crippen LogP contribution is 2.40. The van der Waals surface area contributed by atoms with Crippen molar-refractivity contribution in [2.24, 2.45) is 0 Å². The number of carbonyl (C=O) groups is 2. The van der Waals surface area contributed by atoms with Crippen LogP contribution in [0.1, 0.15) is 46.0 Å². The summed E-state index contributed by atoms with van der Waals surface area (Å²) in [6, 6.07) is 10.5. The second-order valence-electron chi connectivity index (χ2n) is 9.49. The van der Waals surface area contributed by atoms with Crippen LogP contribution in [0.2, 0.25) is 0 Å². The van der Waals surface area contributed by atoms with Crippen LogP contribution >= 0.6 is 0 Å². The molecule has 2 amide bonds. The van der Waals surface area contributed by atoms with Gasteiger partial charge in [0.2, 0.25) is 15.9 Å². The summed E-state index contributed by atoms with van der Waals surface area (Å²) in [5, 5.41) is 0. The Morgan fingerprint density at radius 1 is 1.00 bits per heavy atom. The maximum Gasteiger partial charge on any atom is 0.414 e. The fourth-order valence-electron chi connectivity index (χ4n) is 5.01. The molecule has 9 nitrogen and oxygen atoms in total. The lowest BCUT2D eigenvalue weighted by molar-refractivity contribution is -0.117. The molecule has 0 bridgehead atoms. The minimum absolute atomic E-state index is 0.0924. The molecule has 1 saturated carbocycles. The fraction of sp³-hybridized carbons (Fsp3) is 0.462. The van der Waals surface area contributed by atoms with E-state index in [1.165, 1.54) is 14.0 Å². The summed E-state index contributed by atoms with van der Waals surface area (Å²) in [7, 11) is -2.06. The molecule has 2 aliphatic rings. The van der Waals surface area contributed by atoms with Crippen LogP contribution in [0.5, 0.6) is 5.75 Å². The van der Waals surface area contributed by atoms with Crippen LogP contribution in [0, 0.1) is 0 Å². The van der Waals surface area contributed by atoms with Gasteiger partial charge in [-0.3, -0.25) is 14.4 Å². The van der Waals surface area contributed by atoms with Crippen LogP contribution in [-0.4, -0.2) is 52.5 Å². The quantitative estimate of drug-likeness (QED) is 0.615. The Kier molecular flexibility index (Phi) is 7.44. The number of methoxy groups -OCH3 is 1. The third kappa shape index (κ3) is 5.59. The molecule has 0 unspecified atom stereocenters. The van der Waals surface area contributed by atoms with Crippen molar-refractivity contribution in [3.8, 4) is 16.9 Å². The fourth-order valence-corrected chi connectivity index (χ4v) is 5.57. The van der Waals surface area contributed by atoms with Crippen molar-refractivity contribution < 1.29 is 27.5 Å². The molecule has 1 atom stereocenters. The third-order valence-electron chi connectivity index (χ3n) is 6.62. The van der Waals surface area contributed by atoms with Crippen molar-refractivity contribution >= 4 is 39.1 Å². The number of carbonyl (C=O) groups excluding carboxylic acids is 2. The lowest BCUT2D eigenvalue weighted by Crippen LogP contribution is -2.52. The van der Waals surface area contributed by atoms with E-state index in [0.29, 0.717) is 29.4 Å². The highest BCUT2D eigenvalue weighted by molar-refractivity contribution is 7.92. The number of hydrogen-bond acceptors (Lipinski definition) is 6. The van der Waals surface area contributed by atoms with Gasteiger partial charge in [-0.15, -0.1) is 0 Å². The molecule has 10 heteroatoms. The molecular weight excluding hydrogens is 482 g/mol. The smallest absolute Gasteiger partial charge is 0.414 e. The monoisotopic (exact) mass is 515 g/mol. The number of nitrogens with one attached hydrogen (secondary N) is 1. The van der Waals surface area contributed by atoms with Crippen molar-refractivity contribution in [2.45, 2.75) is 58.1 Å². The number of anilines is 3. The van der Waals surface area contributed by atoms with Crippen LogP contribution in [0.15, 0.2) is 36.4 Å².